The summed E-state index contributed by atoms with van der Waals surface area (Å²) in [7, 11) is 0. The molecule has 6 nitrogen and oxygen atoms in total. The number of carboxylic acid groups (broad SMARTS) is 1. The van der Waals surface area contributed by atoms with Crippen molar-refractivity contribution in [2.24, 2.45) is 0 Å². The molecular weight excluding hydrogens is 452 g/mol. The molecule has 0 amide bonds. The van der Waals surface area contributed by atoms with Crippen LogP contribution in [-0.2, 0) is 6.42 Å². The Hall–Kier alpha value is -3.45. The predicted molar refractivity (Wildman–Crippen MR) is 132 cm³/mol. The van der Waals surface area contributed by atoms with Gasteiger partial charge in [0.25, 0.3) is 0 Å². The van der Waals surface area contributed by atoms with Crippen LogP contribution in [0.5, 0.6) is 17.2 Å². The Morgan fingerprint density at radius 3 is 2.29 bits per heavy atom. The molecule has 178 valence electrons. The molecule has 0 aliphatic carbocycles. The third kappa shape index (κ3) is 6.54. The van der Waals surface area contributed by atoms with E-state index in [4.69, 9.17) is 9.47 Å². The van der Waals surface area contributed by atoms with Crippen molar-refractivity contribution in [3.63, 3.8) is 0 Å². The molecule has 0 fully saturated rings. The van der Waals surface area contributed by atoms with Gasteiger partial charge in [-0.15, -0.1) is 0 Å². The van der Waals surface area contributed by atoms with Gasteiger partial charge in [0.2, 0.25) is 0 Å². The topological polar surface area (TPSA) is 93.1 Å². The molecule has 3 rings (SSSR count). The highest BCUT2D eigenvalue weighted by Crippen LogP contribution is 2.33. The highest BCUT2D eigenvalue weighted by molar-refractivity contribution is 7.99. The second-order valence-electron chi connectivity index (χ2n) is 7.67. The number of Topliss-reactive ketones (excluding diaryl/α,β-unsaturated/α-hetero) is 1. The standard InChI is InChI=1S/C27H28O6S/c1-3-7-22-24(15-14-21(18(2)28)26(22)29)33-17-6-16-32-19-10-12-20(13-11-19)34-25-9-5-4-8-23(25)27(30)31/h4-5,8-15,29H,3,6-7,16-17H2,1-2H3,(H,30,31). The quantitative estimate of drug-likeness (QED) is 0.234. The summed E-state index contributed by atoms with van der Waals surface area (Å²) >= 11 is 1.39. The largest absolute Gasteiger partial charge is 0.507 e. The zero-order chi connectivity index (χ0) is 24.5. The minimum absolute atomic E-state index is 0.00652. The molecule has 0 heterocycles. The molecule has 3 aromatic rings. The summed E-state index contributed by atoms with van der Waals surface area (Å²) in [6, 6.07) is 17.7. The van der Waals surface area contributed by atoms with E-state index >= 15 is 0 Å². The second kappa shape index (κ2) is 12.1. The van der Waals surface area contributed by atoms with Crippen molar-refractivity contribution in [3.8, 4) is 17.2 Å². The summed E-state index contributed by atoms with van der Waals surface area (Å²) in [5, 5.41) is 19.7. The average molecular weight is 481 g/mol. The Balaban J connectivity index is 1.50. The lowest BCUT2D eigenvalue weighted by molar-refractivity contribution is 0.0693. The summed E-state index contributed by atoms with van der Waals surface area (Å²) in [5.41, 5.74) is 1.25. The summed E-state index contributed by atoms with van der Waals surface area (Å²) in [6.45, 7) is 4.31. The average Bonchev–Trinajstić information content (AvgIpc) is 2.82. The lowest BCUT2D eigenvalue weighted by atomic mass is 10.0. The van der Waals surface area contributed by atoms with E-state index in [1.165, 1.54) is 18.7 Å². The highest BCUT2D eigenvalue weighted by atomic mass is 32.2. The Bertz CT molecular complexity index is 1140. The number of phenolic OH excluding ortho intramolecular Hbond substituents is 1. The fourth-order valence-corrected chi connectivity index (χ4v) is 4.36. The van der Waals surface area contributed by atoms with Crippen LogP contribution in [0.15, 0.2) is 70.5 Å². The van der Waals surface area contributed by atoms with Gasteiger partial charge >= 0.3 is 5.97 Å². The first-order valence-corrected chi connectivity index (χ1v) is 11.9. The van der Waals surface area contributed by atoms with Crippen molar-refractivity contribution in [3.05, 3.63) is 77.4 Å². The van der Waals surface area contributed by atoms with E-state index in [2.05, 4.69) is 0 Å². The normalized spacial score (nSPS) is 10.6. The molecule has 0 aliphatic heterocycles. The molecule has 0 saturated carbocycles. The minimum atomic E-state index is -0.947. The summed E-state index contributed by atoms with van der Waals surface area (Å²) in [6.07, 6.45) is 2.09. The minimum Gasteiger partial charge on any atom is -0.507 e. The Kier molecular flexibility index (Phi) is 8.99. The number of ether oxygens (including phenoxy) is 2. The number of carboxylic acids is 1. The second-order valence-corrected chi connectivity index (χ2v) is 8.79. The molecule has 0 radical (unpaired) electrons. The third-order valence-electron chi connectivity index (χ3n) is 5.10. The maximum atomic E-state index is 11.7. The molecular formula is C27H28O6S. The van der Waals surface area contributed by atoms with Gasteiger partial charge in [0, 0.05) is 21.8 Å². The molecule has 34 heavy (non-hydrogen) atoms. The SMILES string of the molecule is CCCc1c(OCCCOc2ccc(Sc3ccccc3C(=O)O)cc2)ccc(C(C)=O)c1O. The van der Waals surface area contributed by atoms with Crippen LogP contribution in [0.3, 0.4) is 0 Å². The van der Waals surface area contributed by atoms with Crippen LogP contribution >= 0.6 is 11.8 Å². The maximum Gasteiger partial charge on any atom is 0.336 e. The molecule has 0 bridgehead atoms. The number of ketones is 1. The molecule has 0 aliphatic rings. The number of aromatic carboxylic acids is 1. The number of benzene rings is 3. The lowest BCUT2D eigenvalue weighted by Crippen LogP contribution is -2.07. The Morgan fingerprint density at radius 1 is 0.912 bits per heavy atom. The smallest absolute Gasteiger partial charge is 0.336 e. The molecule has 0 atom stereocenters. The van der Waals surface area contributed by atoms with Gasteiger partial charge in [-0.2, -0.15) is 0 Å². The van der Waals surface area contributed by atoms with Gasteiger partial charge in [-0.25, -0.2) is 4.79 Å². The lowest BCUT2D eigenvalue weighted by Gasteiger charge is -2.15. The first-order valence-electron chi connectivity index (χ1n) is 11.1. The van der Waals surface area contributed by atoms with Crippen LogP contribution in [0, 0.1) is 0 Å². The van der Waals surface area contributed by atoms with Crippen LogP contribution in [0.4, 0.5) is 0 Å². The van der Waals surface area contributed by atoms with Gasteiger partial charge in [-0.05, 0) is 61.9 Å². The molecule has 7 heteroatoms. The molecule has 3 aromatic carbocycles. The first kappa shape index (κ1) is 25.2. The molecule has 0 unspecified atom stereocenters. The number of hydrogen-bond donors (Lipinski definition) is 2. The van der Waals surface area contributed by atoms with Crippen LogP contribution in [0.25, 0.3) is 0 Å². The van der Waals surface area contributed by atoms with E-state index in [9.17, 15) is 19.8 Å². The maximum absolute atomic E-state index is 11.7. The van der Waals surface area contributed by atoms with Crippen molar-refractivity contribution in [1.82, 2.24) is 0 Å². The van der Waals surface area contributed by atoms with Gasteiger partial charge in [0.1, 0.15) is 17.2 Å². The summed E-state index contributed by atoms with van der Waals surface area (Å²) in [5.74, 6) is 0.188. The predicted octanol–water partition coefficient (Wildman–Crippen LogP) is 6.24. The van der Waals surface area contributed by atoms with Gasteiger partial charge in [0.15, 0.2) is 5.78 Å². The molecule has 0 spiro atoms. The zero-order valence-corrected chi connectivity index (χ0v) is 20.1. The molecule has 0 saturated heterocycles. The number of hydrogen-bond acceptors (Lipinski definition) is 6. The van der Waals surface area contributed by atoms with Crippen LogP contribution in [0.1, 0.15) is 53.0 Å². The monoisotopic (exact) mass is 480 g/mol. The van der Waals surface area contributed by atoms with Gasteiger partial charge in [-0.3, -0.25) is 4.79 Å². The number of phenols is 1. The molecule has 0 aromatic heterocycles. The number of aromatic hydroxyl groups is 1. The van der Waals surface area contributed by atoms with E-state index in [-0.39, 0.29) is 17.1 Å². The van der Waals surface area contributed by atoms with E-state index < -0.39 is 5.97 Å². The Morgan fingerprint density at radius 2 is 1.62 bits per heavy atom. The molecule has 2 N–H and O–H groups in total. The van der Waals surface area contributed by atoms with E-state index in [0.717, 1.165) is 11.3 Å². The Labute approximate surface area is 203 Å². The zero-order valence-electron chi connectivity index (χ0n) is 19.2. The van der Waals surface area contributed by atoms with E-state index in [1.54, 1.807) is 30.3 Å². The summed E-state index contributed by atoms with van der Waals surface area (Å²) < 4.78 is 11.6. The number of carbonyl (C=O) groups excluding carboxylic acids is 1. The first-order chi connectivity index (χ1) is 16.4. The van der Waals surface area contributed by atoms with Crippen LogP contribution in [-0.4, -0.2) is 35.2 Å². The van der Waals surface area contributed by atoms with Crippen molar-refractivity contribution in [2.75, 3.05) is 13.2 Å². The fraction of sp³-hybridized carbons (Fsp3) is 0.259. The fourth-order valence-electron chi connectivity index (χ4n) is 3.42. The van der Waals surface area contributed by atoms with Crippen molar-refractivity contribution >= 4 is 23.5 Å². The van der Waals surface area contributed by atoms with Gasteiger partial charge in [-0.1, -0.05) is 37.2 Å². The van der Waals surface area contributed by atoms with Crippen LogP contribution in [0.2, 0.25) is 0 Å². The van der Waals surface area contributed by atoms with Crippen molar-refractivity contribution in [2.45, 2.75) is 42.9 Å². The van der Waals surface area contributed by atoms with Gasteiger partial charge in [0.05, 0.1) is 24.3 Å². The van der Waals surface area contributed by atoms with Gasteiger partial charge < -0.3 is 19.7 Å². The number of rotatable bonds is 12. The van der Waals surface area contributed by atoms with Crippen molar-refractivity contribution < 1.29 is 29.3 Å². The third-order valence-corrected chi connectivity index (χ3v) is 6.19. The van der Waals surface area contributed by atoms with Crippen molar-refractivity contribution in [1.29, 1.82) is 0 Å². The van der Waals surface area contributed by atoms with E-state index in [0.29, 0.717) is 53.6 Å². The van der Waals surface area contributed by atoms with E-state index in [1.807, 2.05) is 37.3 Å². The summed E-state index contributed by atoms with van der Waals surface area (Å²) in [4.78, 5) is 24.7. The number of carbonyl (C=O) groups is 2. The highest BCUT2D eigenvalue weighted by Gasteiger charge is 2.16. The van der Waals surface area contributed by atoms with Crippen LogP contribution < -0.4 is 9.47 Å².